The fourth-order valence-corrected chi connectivity index (χ4v) is 1.14. The molecule has 0 saturated heterocycles. The van der Waals surface area contributed by atoms with E-state index >= 15 is 0 Å². The Balaban J connectivity index is 3.35. The molecule has 1 aromatic heterocycles. The predicted octanol–water partition coefficient (Wildman–Crippen LogP) is 1.87. The smallest absolute Gasteiger partial charge is 0.267 e. The van der Waals surface area contributed by atoms with Crippen molar-refractivity contribution in [2.45, 2.75) is 13.0 Å². The Morgan fingerprint density at radius 1 is 1.54 bits per heavy atom. The molecule has 6 heteroatoms. The first-order valence-electron chi connectivity index (χ1n) is 3.33. The minimum Gasteiger partial charge on any atom is -0.506 e. The van der Waals surface area contributed by atoms with Gasteiger partial charge >= 0.3 is 0 Å². The van der Waals surface area contributed by atoms with Crippen LogP contribution in [-0.2, 0) is 6.61 Å². The highest BCUT2D eigenvalue weighted by atomic mass is 35.5. The van der Waals surface area contributed by atoms with E-state index < -0.39 is 24.3 Å². The quantitative estimate of drug-likeness (QED) is 0.731. The number of aliphatic hydroxyl groups is 1. The third-order valence-corrected chi connectivity index (χ3v) is 1.85. The van der Waals surface area contributed by atoms with Crippen LogP contribution in [0.15, 0.2) is 6.20 Å². The van der Waals surface area contributed by atoms with E-state index in [1.165, 1.54) is 0 Å². The van der Waals surface area contributed by atoms with Crippen LogP contribution in [0.5, 0.6) is 5.75 Å². The zero-order chi connectivity index (χ0) is 10.0. The van der Waals surface area contributed by atoms with Crippen LogP contribution in [0.4, 0.5) is 8.78 Å². The lowest BCUT2D eigenvalue weighted by molar-refractivity contribution is 0.143. The second-order valence-electron chi connectivity index (χ2n) is 2.29. The summed E-state index contributed by atoms with van der Waals surface area (Å²) in [5.74, 6) is -0.663. The molecule has 0 bridgehead atoms. The molecule has 1 heterocycles. The molecule has 13 heavy (non-hydrogen) atoms. The van der Waals surface area contributed by atoms with E-state index in [1.54, 1.807) is 0 Å². The lowest BCUT2D eigenvalue weighted by atomic mass is 10.1. The van der Waals surface area contributed by atoms with E-state index in [9.17, 15) is 8.78 Å². The zero-order valence-electron chi connectivity index (χ0n) is 6.34. The third kappa shape index (κ3) is 1.87. The summed E-state index contributed by atoms with van der Waals surface area (Å²) >= 11 is 5.43. The molecular weight excluding hydrogens is 204 g/mol. The first kappa shape index (κ1) is 10.1. The van der Waals surface area contributed by atoms with E-state index in [-0.39, 0.29) is 10.7 Å². The molecule has 3 nitrogen and oxygen atoms in total. The Labute approximate surface area is 77.6 Å². The summed E-state index contributed by atoms with van der Waals surface area (Å²) in [6, 6.07) is 0. The van der Waals surface area contributed by atoms with Crippen LogP contribution < -0.4 is 0 Å². The van der Waals surface area contributed by atoms with Gasteiger partial charge in [0.15, 0.2) is 0 Å². The highest BCUT2D eigenvalue weighted by Gasteiger charge is 2.20. The fraction of sp³-hybridized carbons (Fsp3) is 0.286. The molecule has 0 unspecified atom stereocenters. The van der Waals surface area contributed by atoms with Crippen molar-refractivity contribution in [3.63, 3.8) is 0 Å². The number of hydrogen-bond donors (Lipinski definition) is 2. The zero-order valence-corrected chi connectivity index (χ0v) is 7.09. The molecule has 1 aromatic rings. The highest BCUT2D eigenvalue weighted by Crippen LogP contribution is 2.33. The predicted molar refractivity (Wildman–Crippen MR) is 41.8 cm³/mol. The van der Waals surface area contributed by atoms with Crippen molar-refractivity contribution < 1.29 is 19.0 Å². The van der Waals surface area contributed by atoms with Crippen LogP contribution >= 0.6 is 11.6 Å². The van der Waals surface area contributed by atoms with Gasteiger partial charge in [-0.2, -0.15) is 0 Å². The normalized spacial score (nSPS) is 10.8. The van der Waals surface area contributed by atoms with Crippen molar-refractivity contribution in [3.05, 3.63) is 22.5 Å². The highest BCUT2D eigenvalue weighted by molar-refractivity contribution is 6.30. The van der Waals surface area contributed by atoms with Crippen LogP contribution in [0, 0.1) is 0 Å². The van der Waals surface area contributed by atoms with Gasteiger partial charge in [0, 0.05) is 5.56 Å². The Bertz CT molecular complexity index is 320. The maximum absolute atomic E-state index is 12.3. The van der Waals surface area contributed by atoms with Crippen LogP contribution in [0.1, 0.15) is 17.6 Å². The summed E-state index contributed by atoms with van der Waals surface area (Å²) in [7, 11) is 0. The van der Waals surface area contributed by atoms with E-state index in [4.69, 9.17) is 21.8 Å². The van der Waals surface area contributed by atoms with Crippen molar-refractivity contribution in [3.8, 4) is 5.75 Å². The van der Waals surface area contributed by atoms with E-state index in [0.717, 1.165) is 6.20 Å². The molecule has 0 amide bonds. The van der Waals surface area contributed by atoms with Gasteiger partial charge in [-0.25, -0.2) is 13.8 Å². The number of aromatic hydroxyl groups is 1. The number of hydrogen-bond acceptors (Lipinski definition) is 3. The van der Waals surface area contributed by atoms with Crippen LogP contribution in [0.3, 0.4) is 0 Å². The summed E-state index contributed by atoms with van der Waals surface area (Å²) in [6.07, 6.45) is -2.06. The van der Waals surface area contributed by atoms with Gasteiger partial charge in [-0.05, 0) is 0 Å². The molecule has 0 aromatic carbocycles. The molecule has 0 aliphatic rings. The number of rotatable bonds is 2. The summed E-state index contributed by atoms with van der Waals surface area (Å²) in [5.41, 5.74) is -0.904. The standard InChI is InChI=1S/C7H6ClF2NO2/c8-6-3(2-12)5(7(9)10)4(13)1-11-6/h1,7,12-13H,2H2. The third-order valence-electron chi connectivity index (χ3n) is 1.53. The molecule has 1 rings (SSSR count). The lowest BCUT2D eigenvalue weighted by Gasteiger charge is -2.08. The second-order valence-corrected chi connectivity index (χ2v) is 2.64. The minimum atomic E-state index is -2.89. The SMILES string of the molecule is OCc1c(Cl)ncc(O)c1C(F)F. The summed E-state index contributed by atoms with van der Waals surface area (Å²) < 4.78 is 24.6. The topological polar surface area (TPSA) is 53.4 Å². The average molecular weight is 210 g/mol. The van der Waals surface area contributed by atoms with Gasteiger partial charge < -0.3 is 10.2 Å². The van der Waals surface area contributed by atoms with Crippen molar-refractivity contribution in [2.75, 3.05) is 0 Å². The van der Waals surface area contributed by atoms with Gasteiger partial charge in [0.05, 0.1) is 18.4 Å². The number of nitrogens with zero attached hydrogens (tertiary/aromatic N) is 1. The fourth-order valence-electron chi connectivity index (χ4n) is 0.925. The molecule has 0 atom stereocenters. The molecule has 0 aliphatic carbocycles. The Morgan fingerprint density at radius 2 is 2.15 bits per heavy atom. The van der Waals surface area contributed by atoms with Crippen molar-refractivity contribution in [2.24, 2.45) is 0 Å². The number of halogens is 3. The monoisotopic (exact) mass is 209 g/mol. The molecule has 0 saturated carbocycles. The molecule has 2 N–H and O–H groups in total. The summed E-state index contributed by atoms with van der Waals surface area (Å²) in [5, 5.41) is 17.5. The maximum atomic E-state index is 12.3. The van der Waals surface area contributed by atoms with Crippen LogP contribution in [0.2, 0.25) is 5.15 Å². The number of aliphatic hydroxyl groups excluding tert-OH is 1. The molecule has 0 aliphatic heterocycles. The minimum absolute atomic E-state index is 0.226. The summed E-state index contributed by atoms with van der Waals surface area (Å²) in [4.78, 5) is 3.41. The van der Waals surface area contributed by atoms with E-state index in [1.807, 2.05) is 0 Å². The Morgan fingerprint density at radius 3 is 2.54 bits per heavy atom. The van der Waals surface area contributed by atoms with Gasteiger partial charge in [-0.15, -0.1) is 0 Å². The maximum Gasteiger partial charge on any atom is 0.267 e. The van der Waals surface area contributed by atoms with Gasteiger partial charge in [0.1, 0.15) is 10.9 Å². The Kier molecular flexibility index (Phi) is 3.00. The molecule has 0 radical (unpaired) electrons. The Hall–Kier alpha value is -0.940. The lowest BCUT2D eigenvalue weighted by Crippen LogP contribution is -1.98. The number of alkyl halides is 2. The number of aromatic nitrogens is 1. The van der Waals surface area contributed by atoms with E-state index in [0.29, 0.717) is 0 Å². The largest absolute Gasteiger partial charge is 0.506 e. The van der Waals surface area contributed by atoms with Crippen molar-refractivity contribution in [1.29, 1.82) is 0 Å². The molecule has 72 valence electrons. The van der Waals surface area contributed by atoms with Gasteiger partial charge in [-0.1, -0.05) is 11.6 Å². The second kappa shape index (κ2) is 3.85. The van der Waals surface area contributed by atoms with E-state index in [2.05, 4.69) is 4.98 Å². The van der Waals surface area contributed by atoms with Gasteiger partial charge in [-0.3, -0.25) is 0 Å². The first-order valence-corrected chi connectivity index (χ1v) is 3.71. The van der Waals surface area contributed by atoms with Crippen LogP contribution in [0.25, 0.3) is 0 Å². The van der Waals surface area contributed by atoms with Crippen molar-refractivity contribution in [1.82, 2.24) is 4.98 Å². The van der Waals surface area contributed by atoms with Gasteiger partial charge in [0.2, 0.25) is 0 Å². The van der Waals surface area contributed by atoms with Gasteiger partial charge in [0.25, 0.3) is 6.43 Å². The molecule has 0 spiro atoms. The average Bonchev–Trinajstić information content (AvgIpc) is 2.07. The first-order chi connectivity index (χ1) is 6.07. The molecule has 0 fully saturated rings. The van der Waals surface area contributed by atoms with Crippen molar-refractivity contribution >= 4 is 11.6 Å². The summed E-state index contributed by atoms with van der Waals surface area (Å²) in [6.45, 7) is -0.681. The molecular formula is C7H6ClF2NO2. The van der Waals surface area contributed by atoms with Crippen LogP contribution in [-0.4, -0.2) is 15.2 Å². The number of pyridine rings is 1.